The zero-order chi connectivity index (χ0) is 11.9. The van der Waals surface area contributed by atoms with E-state index in [1.807, 2.05) is 0 Å². The summed E-state index contributed by atoms with van der Waals surface area (Å²) in [5.74, 6) is -1.43. The minimum absolute atomic E-state index is 0.0436. The Hall–Kier alpha value is -1.78. The largest absolute Gasteiger partial charge is 0.481 e. The van der Waals surface area contributed by atoms with E-state index in [4.69, 9.17) is 5.11 Å². The predicted octanol–water partition coefficient (Wildman–Crippen LogP) is 1.000. The highest BCUT2D eigenvalue weighted by atomic mass is 16.5. The van der Waals surface area contributed by atoms with E-state index in [-0.39, 0.29) is 11.8 Å². The molecule has 0 spiro atoms. The Kier molecular flexibility index (Phi) is 2.46. The molecule has 0 saturated heterocycles. The van der Waals surface area contributed by atoms with Gasteiger partial charge in [-0.05, 0) is 24.0 Å². The molecule has 1 heterocycles. The summed E-state index contributed by atoms with van der Waals surface area (Å²) in [6.07, 6.45) is 2.44. The second-order valence-electron chi connectivity index (χ2n) is 4.05. The van der Waals surface area contributed by atoms with E-state index in [1.165, 1.54) is 7.11 Å². The Morgan fingerprint density at radius 1 is 1.56 bits per heavy atom. The van der Waals surface area contributed by atoms with Crippen LogP contribution in [-0.2, 0) is 16.6 Å². The monoisotopic (exact) mass is 223 g/mol. The minimum atomic E-state index is -0.770. The first-order chi connectivity index (χ1) is 7.54. The molecular formula is C11H13NO4. The van der Waals surface area contributed by atoms with Gasteiger partial charge in [0.25, 0.3) is 0 Å². The zero-order valence-electron chi connectivity index (χ0n) is 9.14. The van der Waals surface area contributed by atoms with E-state index in [1.54, 1.807) is 23.9 Å². The molecule has 1 aromatic heterocycles. The first-order valence-electron chi connectivity index (χ1n) is 5.02. The number of hydrogen-bond acceptors (Lipinski definition) is 3. The van der Waals surface area contributed by atoms with Crippen LogP contribution in [0.1, 0.15) is 28.4 Å². The fraction of sp³-hybridized carbons (Fsp3) is 0.455. The molecule has 1 N–H and O–H groups in total. The van der Waals surface area contributed by atoms with Crippen molar-refractivity contribution in [2.24, 2.45) is 13.0 Å². The van der Waals surface area contributed by atoms with Crippen LogP contribution in [-0.4, -0.2) is 28.7 Å². The lowest BCUT2D eigenvalue weighted by atomic mass is 10.2. The number of ether oxygens (including phenoxy) is 1. The highest BCUT2D eigenvalue weighted by Crippen LogP contribution is 2.47. The fourth-order valence-corrected chi connectivity index (χ4v) is 1.94. The SMILES string of the molecule is COC(=O)c1cc(C2CC2C(=O)O)cn1C. The standard InChI is InChI=1S/C11H13NO4/c1-12-5-6(3-9(12)11(15)16-2)7-4-8(7)10(13)14/h3,5,7-8H,4H2,1-2H3,(H,13,14). The highest BCUT2D eigenvalue weighted by molar-refractivity contribution is 5.88. The molecule has 0 bridgehead atoms. The number of rotatable bonds is 3. The summed E-state index contributed by atoms with van der Waals surface area (Å²) in [6, 6.07) is 1.71. The second kappa shape index (κ2) is 3.66. The van der Waals surface area contributed by atoms with Crippen molar-refractivity contribution in [1.29, 1.82) is 0 Å². The maximum absolute atomic E-state index is 11.3. The van der Waals surface area contributed by atoms with Gasteiger partial charge in [-0.3, -0.25) is 4.79 Å². The van der Waals surface area contributed by atoms with Crippen molar-refractivity contribution >= 4 is 11.9 Å². The number of hydrogen-bond donors (Lipinski definition) is 1. The average Bonchev–Trinajstić information content (AvgIpc) is 2.96. The molecule has 86 valence electrons. The molecule has 16 heavy (non-hydrogen) atoms. The molecule has 0 aromatic carbocycles. The maximum atomic E-state index is 11.3. The molecule has 1 fully saturated rings. The Balaban J connectivity index is 2.20. The van der Waals surface area contributed by atoms with Crippen molar-refractivity contribution in [3.05, 3.63) is 23.5 Å². The van der Waals surface area contributed by atoms with Gasteiger partial charge < -0.3 is 14.4 Å². The van der Waals surface area contributed by atoms with Crippen LogP contribution in [0.15, 0.2) is 12.3 Å². The van der Waals surface area contributed by atoms with Crippen LogP contribution in [0.2, 0.25) is 0 Å². The number of aromatic nitrogens is 1. The summed E-state index contributed by atoms with van der Waals surface area (Å²) in [6.45, 7) is 0. The summed E-state index contributed by atoms with van der Waals surface area (Å²) in [4.78, 5) is 22.1. The number of carboxylic acids is 1. The van der Waals surface area contributed by atoms with Gasteiger partial charge in [-0.1, -0.05) is 0 Å². The quantitative estimate of drug-likeness (QED) is 0.776. The van der Waals surface area contributed by atoms with Crippen LogP contribution in [0.25, 0.3) is 0 Å². The van der Waals surface area contributed by atoms with Gasteiger partial charge in [0.05, 0.1) is 13.0 Å². The Morgan fingerprint density at radius 3 is 2.75 bits per heavy atom. The Bertz CT molecular complexity index is 449. The maximum Gasteiger partial charge on any atom is 0.354 e. The molecule has 2 rings (SSSR count). The fourth-order valence-electron chi connectivity index (χ4n) is 1.94. The first kappa shape index (κ1) is 10.7. The molecule has 0 aliphatic heterocycles. The van der Waals surface area contributed by atoms with Crippen LogP contribution in [0.5, 0.6) is 0 Å². The lowest BCUT2D eigenvalue weighted by Crippen LogP contribution is -2.06. The zero-order valence-corrected chi connectivity index (χ0v) is 9.14. The van der Waals surface area contributed by atoms with Crippen molar-refractivity contribution in [2.45, 2.75) is 12.3 Å². The first-order valence-corrected chi connectivity index (χ1v) is 5.02. The third-order valence-electron chi connectivity index (χ3n) is 2.96. The molecule has 2 unspecified atom stereocenters. The molecule has 0 radical (unpaired) electrons. The van der Waals surface area contributed by atoms with Crippen molar-refractivity contribution in [3.8, 4) is 0 Å². The molecule has 5 heteroatoms. The highest BCUT2D eigenvalue weighted by Gasteiger charge is 2.44. The van der Waals surface area contributed by atoms with Crippen molar-refractivity contribution in [2.75, 3.05) is 7.11 Å². The molecule has 1 aromatic rings. The van der Waals surface area contributed by atoms with Crippen LogP contribution in [0, 0.1) is 5.92 Å². The van der Waals surface area contributed by atoms with Crippen molar-refractivity contribution in [3.63, 3.8) is 0 Å². The number of esters is 1. The predicted molar refractivity (Wildman–Crippen MR) is 55.2 cm³/mol. The summed E-state index contributed by atoms with van der Waals surface area (Å²) in [7, 11) is 3.07. The van der Waals surface area contributed by atoms with Gasteiger partial charge in [0.2, 0.25) is 0 Å². The van der Waals surface area contributed by atoms with E-state index in [0.717, 1.165) is 5.56 Å². The Labute approximate surface area is 92.6 Å². The van der Waals surface area contributed by atoms with Gasteiger partial charge >= 0.3 is 11.9 Å². The minimum Gasteiger partial charge on any atom is -0.481 e. The summed E-state index contributed by atoms with van der Waals surface area (Å²) >= 11 is 0. The second-order valence-corrected chi connectivity index (χ2v) is 4.05. The molecular weight excluding hydrogens is 210 g/mol. The lowest BCUT2D eigenvalue weighted by Gasteiger charge is -1.98. The van der Waals surface area contributed by atoms with E-state index in [0.29, 0.717) is 12.1 Å². The van der Waals surface area contributed by atoms with Gasteiger partial charge in [-0.25, -0.2) is 4.79 Å². The average molecular weight is 223 g/mol. The molecule has 2 atom stereocenters. The summed E-state index contributed by atoms with van der Waals surface area (Å²) in [5.41, 5.74) is 1.35. The van der Waals surface area contributed by atoms with Gasteiger partial charge in [0, 0.05) is 13.2 Å². The normalized spacial score (nSPS) is 22.9. The topological polar surface area (TPSA) is 68.5 Å². The van der Waals surface area contributed by atoms with E-state index < -0.39 is 11.9 Å². The van der Waals surface area contributed by atoms with Crippen LogP contribution >= 0.6 is 0 Å². The summed E-state index contributed by atoms with van der Waals surface area (Å²) < 4.78 is 6.29. The van der Waals surface area contributed by atoms with Gasteiger partial charge in [-0.2, -0.15) is 0 Å². The number of carbonyl (C=O) groups is 2. The number of nitrogens with zero attached hydrogens (tertiary/aromatic N) is 1. The molecule has 0 amide bonds. The van der Waals surface area contributed by atoms with Crippen molar-refractivity contribution in [1.82, 2.24) is 4.57 Å². The third kappa shape index (κ3) is 1.68. The number of aliphatic carboxylic acids is 1. The van der Waals surface area contributed by atoms with Crippen LogP contribution in [0.3, 0.4) is 0 Å². The van der Waals surface area contributed by atoms with E-state index >= 15 is 0 Å². The number of aryl methyl sites for hydroxylation is 1. The number of methoxy groups -OCH3 is 1. The van der Waals surface area contributed by atoms with Gasteiger partial charge in [0.15, 0.2) is 0 Å². The van der Waals surface area contributed by atoms with E-state index in [9.17, 15) is 9.59 Å². The molecule has 5 nitrogen and oxygen atoms in total. The smallest absolute Gasteiger partial charge is 0.354 e. The van der Waals surface area contributed by atoms with Gasteiger partial charge in [0.1, 0.15) is 5.69 Å². The van der Waals surface area contributed by atoms with E-state index in [2.05, 4.69) is 4.74 Å². The lowest BCUT2D eigenvalue weighted by molar-refractivity contribution is -0.138. The molecule has 1 aliphatic carbocycles. The molecule has 1 saturated carbocycles. The third-order valence-corrected chi connectivity index (χ3v) is 2.96. The Morgan fingerprint density at radius 2 is 2.25 bits per heavy atom. The van der Waals surface area contributed by atoms with Crippen LogP contribution < -0.4 is 0 Å². The number of carbonyl (C=O) groups excluding carboxylic acids is 1. The van der Waals surface area contributed by atoms with Crippen molar-refractivity contribution < 1.29 is 19.4 Å². The number of carboxylic acid groups (broad SMARTS) is 1. The molecule has 1 aliphatic rings. The van der Waals surface area contributed by atoms with Crippen LogP contribution in [0.4, 0.5) is 0 Å². The van der Waals surface area contributed by atoms with Gasteiger partial charge in [-0.15, -0.1) is 0 Å². The summed E-state index contributed by atoms with van der Waals surface area (Å²) in [5, 5.41) is 8.82.